The first-order valence-electron chi connectivity index (χ1n) is 3.70. The fourth-order valence-corrected chi connectivity index (χ4v) is 0.827. The van der Waals surface area contributed by atoms with Gasteiger partial charge in [0.2, 0.25) is 0 Å². The summed E-state index contributed by atoms with van der Waals surface area (Å²) in [6.45, 7) is 3.20. The Hall–Kier alpha value is -0.800. The zero-order valence-electron chi connectivity index (χ0n) is 6.62. The quantitative estimate of drug-likeness (QED) is 0.713. The first kappa shape index (κ1) is 8.30. The fraction of sp³-hybridized carbons (Fsp3) is 0.500. The van der Waals surface area contributed by atoms with Crippen molar-refractivity contribution in [1.82, 2.24) is 0 Å². The molecule has 1 rings (SSSR count). The SMILES string of the molecule is CCOCC(N)c1ccoc1. The number of hydrogen-bond donors (Lipinski definition) is 1. The molecule has 62 valence electrons. The van der Waals surface area contributed by atoms with Gasteiger partial charge in [0.05, 0.1) is 25.2 Å². The Balaban J connectivity index is 2.36. The molecule has 1 unspecified atom stereocenters. The van der Waals surface area contributed by atoms with Crippen molar-refractivity contribution >= 4 is 0 Å². The van der Waals surface area contributed by atoms with E-state index < -0.39 is 0 Å². The van der Waals surface area contributed by atoms with E-state index >= 15 is 0 Å². The maximum absolute atomic E-state index is 5.74. The molecular formula is C8H13NO2. The molecule has 2 N–H and O–H groups in total. The van der Waals surface area contributed by atoms with Crippen LogP contribution in [0.3, 0.4) is 0 Å². The van der Waals surface area contributed by atoms with Crippen molar-refractivity contribution in [3.8, 4) is 0 Å². The smallest absolute Gasteiger partial charge is 0.0951 e. The van der Waals surface area contributed by atoms with Crippen molar-refractivity contribution in [2.75, 3.05) is 13.2 Å². The predicted molar refractivity (Wildman–Crippen MR) is 42.1 cm³/mol. The molecule has 0 amide bonds. The van der Waals surface area contributed by atoms with Gasteiger partial charge in [-0.05, 0) is 13.0 Å². The second-order valence-electron chi connectivity index (χ2n) is 2.32. The predicted octanol–water partition coefficient (Wildman–Crippen LogP) is 1.32. The molecule has 1 aromatic rings. The van der Waals surface area contributed by atoms with Crippen LogP contribution in [-0.4, -0.2) is 13.2 Å². The summed E-state index contributed by atoms with van der Waals surface area (Å²) in [5.74, 6) is 0. The van der Waals surface area contributed by atoms with Crippen molar-refractivity contribution in [3.63, 3.8) is 0 Å². The molecule has 3 heteroatoms. The van der Waals surface area contributed by atoms with Crippen LogP contribution in [0.25, 0.3) is 0 Å². The maximum atomic E-state index is 5.74. The molecule has 0 saturated heterocycles. The molecule has 1 heterocycles. The lowest BCUT2D eigenvalue weighted by atomic mass is 10.2. The molecule has 0 aliphatic rings. The van der Waals surface area contributed by atoms with Crippen molar-refractivity contribution < 1.29 is 9.15 Å². The van der Waals surface area contributed by atoms with E-state index in [1.807, 2.05) is 13.0 Å². The average Bonchev–Trinajstić information content (AvgIpc) is 2.52. The van der Waals surface area contributed by atoms with Gasteiger partial charge in [0.25, 0.3) is 0 Å². The molecule has 0 spiro atoms. The third-order valence-corrected chi connectivity index (χ3v) is 1.47. The van der Waals surface area contributed by atoms with Gasteiger partial charge in [-0.1, -0.05) is 0 Å². The summed E-state index contributed by atoms with van der Waals surface area (Å²) < 4.78 is 10.0. The van der Waals surface area contributed by atoms with Crippen LogP contribution in [0.1, 0.15) is 18.5 Å². The zero-order valence-corrected chi connectivity index (χ0v) is 6.62. The Labute approximate surface area is 66.1 Å². The third kappa shape index (κ3) is 2.37. The van der Waals surface area contributed by atoms with Gasteiger partial charge in [0, 0.05) is 12.2 Å². The molecular weight excluding hydrogens is 142 g/mol. The van der Waals surface area contributed by atoms with E-state index in [0.717, 1.165) is 5.56 Å². The molecule has 0 saturated carbocycles. The highest BCUT2D eigenvalue weighted by Crippen LogP contribution is 2.09. The van der Waals surface area contributed by atoms with E-state index in [1.54, 1.807) is 12.5 Å². The highest BCUT2D eigenvalue weighted by molar-refractivity contribution is 5.10. The van der Waals surface area contributed by atoms with E-state index in [-0.39, 0.29) is 6.04 Å². The lowest BCUT2D eigenvalue weighted by Crippen LogP contribution is -2.16. The number of rotatable bonds is 4. The van der Waals surface area contributed by atoms with Gasteiger partial charge < -0.3 is 14.9 Å². The molecule has 0 fully saturated rings. The highest BCUT2D eigenvalue weighted by Gasteiger charge is 2.05. The lowest BCUT2D eigenvalue weighted by molar-refractivity contribution is 0.133. The Bertz CT molecular complexity index is 184. The Kier molecular flexibility index (Phi) is 3.14. The van der Waals surface area contributed by atoms with Gasteiger partial charge in [-0.15, -0.1) is 0 Å². The van der Waals surface area contributed by atoms with Crippen LogP contribution in [0.15, 0.2) is 23.0 Å². The Morgan fingerprint density at radius 2 is 2.55 bits per heavy atom. The van der Waals surface area contributed by atoms with Crippen molar-refractivity contribution in [1.29, 1.82) is 0 Å². The monoisotopic (exact) mass is 155 g/mol. The first-order chi connectivity index (χ1) is 5.34. The van der Waals surface area contributed by atoms with E-state index in [4.69, 9.17) is 14.9 Å². The Morgan fingerprint density at radius 1 is 1.73 bits per heavy atom. The lowest BCUT2D eigenvalue weighted by Gasteiger charge is -2.07. The van der Waals surface area contributed by atoms with Gasteiger partial charge in [0.15, 0.2) is 0 Å². The number of hydrogen-bond acceptors (Lipinski definition) is 3. The molecule has 0 aliphatic carbocycles. The summed E-state index contributed by atoms with van der Waals surface area (Å²) in [6.07, 6.45) is 3.25. The summed E-state index contributed by atoms with van der Waals surface area (Å²) in [6, 6.07) is 1.79. The minimum atomic E-state index is -0.0614. The second-order valence-corrected chi connectivity index (χ2v) is 2.32. The van der Waals surface area contributed by atoms with Crippen LogP contribution in [0, 0.1) is 0 Å². The van der Waals surface area contributed by atoms with Gasteiger partial charge in [-0.3, -0.25) is 0 Å². The summed E-state index contributed by atoms with van der Waals surface area (Å²) >= 11 is 0. The Morgan fingerprint density at radius 3 is 3.09 bits per heavy atom. The van der Waals surface area contributed by atoms with E-state index in [0.29, 0.717) is 13.2 Å². The summed E-state index contributed by atoms with van der Waals surface area (Å²) in [4.78, 5) is 0. The molecule has 0 bridgehead atoms. The molecule has 11 heavy (non-hydrogen) atoms. The highest BCUT2D eigenvalue weighted by atomic mass is 16.5. The fourth-order valence-electron chi connectivity index (χ4n) is 0.827. The average molecular weight is 155 g/mol. The first-order valence-corrected chi connectivity index (χ1v) is 3.70. The van der Waals surface area contributed by atoms with Crippen LogP contribution in [0.5, 0.6) is 0 Å². The molecule has 0 radical (unpaired) electrons. The van der Waals surface area contributed by atoms with Crippen LogP contribution in [0.2, 0.25) is 0 Å². The number of ether oxygens (including phenoxy) is 1. The normalized spacial score (nSPS) is 13.3. The van der Waals surface area contributed by atoms with Crippen molar-refractivity contribution in [2.24, 2.45) is 5.73 Å². The second kappa shape index (κ2) is 4.16. The van der Waals surface area contributed by atoms with Crippen molar-refractivity contribution in [3.05, 3.63) is 24.2 Å². The van der Waals surface area contributed by atoms with Gasteiger partial charge in [-0.2, -0.15) is 0 Å². The molecule has 3 nitrogen and oxygen atoms in total. The summed E-state index contributed by atoms with van der Waals surface area (Å²) in [5.41, 5.74) is 6.73. The molecule has 0 aromatic carbocycles. The van der Waals surface area contributed by atoms with Crippen LogP contribution >= 0.6 is 0 Å². The number of furan rings is 1. The van der Waals surface area contributed by atoms with Crippen molar-refractivity contribution in [2.45, 2.75) is 13.0 Å². The maximum Gasteiger partial charge on any atom is 0.0951 e. The zero-order chi connectivity index (χ0) is 8.10. The number of nitrogens with two attached hydrogens (primary N) is 1. The molecule has 1 aromatic heterocycles. The van der Waals surface area contributed by atoms with E-state index in [1.165, 1.54) is 0 Å². The summed E-state index contributed by atoms with van der Waals surface area (Å²) in [5, 5.41) is 0. The minimum Gasteiger partial charge on any atom is -0.472 e. The van der Waals surface area contributed by atoms with E-state index in [9.17, 15) is 0 Å². The standard InChI is InChI=1S/C8H13NO2/c1-2-10-6-8(9)7-3-4-11-5-7/h3-5,8H,2,6,9H2,1H3. The molecule has 1 atom stereocenters. The van der Waals surface area contributed by atoms with Crippen LogP contribution < -0.4 is 5.73 Å². The van der Waals surface area contributed by atoms with E-state index in [2.05, 4.69) is 0 Å². The third-order valence-electron chi connectivity index (χ3n) is 1.47. The van der Waals surface area contributed by atoms with Crippen LogP contribution in [-0.2, 0) is 4.74 Å². The largest absolute Gasteiger partial charge is 0.472 e. The summed E-state index contributed by atoms with van der Waals surface area (Å²) in [7, 11) is 0. The molecule has 0 aliphatic heterocycles. The van der Waals surface area contributed by atoms with Crippen LogP contribution in [0.4, 0.5) is 0 Å². The topological polar surface area (TPSA) is 48.4 Å². The van der Waals surface area contributed by atoms with Gasteiger partial charge in [0.1, 0.15) is 0 Å². The van der Waals surface area contributed by atoms with Gasteiger partial charge in [-0.25, -0.2) is 0 Å². The minimum absolute atomic E-state index is 0.0614. The van der Waals surface area contributed by atoms with Gasteiger partial charge >= 0.3 is 0 Å².